The molecular weight excluding hydrogens is 222 g/mol. The van der Waals surface area contributed by atoms with Gasteiger partial charge >= 0.3 is 0 Å². The summed E-state index contributed by atoms with van der Waals surface area (Å²) in [5.74, 6) is 0.885. The van der Waals surface area contributed by atoms with Gasteiger partial charge in [0.2, 0.25) is 0 Å². The van der Waals surface area contributed by atoms with Gasteiger partial charge in [0.05, 0.1) is 6.61 Å². The van der Waals surface area contributed by atoms with E-state index < -0.39 is 0 Å². The third kappa shape index (κ3) is 4.11. The van der Waals surface area contributed by atoms with E-state index in [1.54, 1.807) is 7.11 Å². The fourth-order valence-electron chi connectivity index (χ4n) is 2.88. The molecule has 1 aromatic rings. The second kappa shape index (κ2) is 6.91. The molecule has 100 valence electrons. The zero-order chi connectivity index (χ0) is 12.8. The Kier molecular flexibility index (Phi) is 5.21. The molecule has 1 saturated carbocycles. The topological polar surface area (TPSA) is 21.3 Å². The maximum Gasteiger partial charge on any atom is 0.0713 e. The maximum absolute atomic E-state index is 5.17. The number of benzene rings is 1. The maximum atomic E-state index is 5.17. The van der Waals surface area contributed by atoms with Crippen molar-refractivity contribution in [2.24, 2.45) is 5.92 Å². The highest BCUT2D eigenvalue weighted by molar-refractivity contribution is 5.22. The molecule has 0 aliphatic heterocycles. The molecule has 0 bridgehead atoms. The zero-order valence-corrected chi connectivity index (χ0v) is 11.6. The largest absolute Gasteiger partial charge is 0.380 e. The summed E-state index contributed by atoms with van der Waals surface area (Å²) in [5.41, 5.74) is 2.62. The van der Waals surface area contributed by atoms with E-state index in [9.17, 15) is 0 Å². The van der Waals surface area contributed by atoms with Gasteiger partial charge in [-0.1, -0.05) is 44.0 Å². The van der Waals surface area contributed by atoms with Gasteiger partial charge in [0.25, 0.3) is 0 Å². The predicted molar refractivity (Wildman–Crippen MR) is 75.4 cm³/mol. The smallest absolute Gasteiger partial charge is 0.0713 e. The van der Waals surface area contributed by atoms with E-state index in [1.165, 1.54) is 36.8 Å². The van der Waals surface area contributed by atoms with Gasteiger partial charge in [0, 0.05) is 19.7 Å². The van der Waals surface area contributed by atoms with Gasteiger partial charge in [-0.05, 0) is 29.9 Å². The summed E-state index contributed by atoms with van der Waals surface area (Å²) in [6, 6.07) is 9.38. The van der Waals surface area contributed by atoms with Crippen LogP contribution in [0.4, 0.5) is 0 Å². The van der Waals surface area contributed by atoms with Crippen LogP contribution >= 0.6 is 0 Å². The van der Waals surface area contributed by atoms with Gasteiger partial charge in [0.1, 0.15) is 0 Å². The van der Waals surface area contributed by atoms with Crippen molar-refractivity contribution >= 4 is 0 Å². The molecule has 1 aliphatic carbocycles. The molecule has 2 nitrogen and oxygen atoms in total. The fraction of sp³-hybridized carbons (Fsp3) is 0.625. The molecular formula is C16H25NO. The molecule has 2 atom stereocenters. The average molecular weight is 247 g/mol. The molecule has 0 heterocycles. The molecule has 1 aliphatic rings. The number of rotatable bonds is 5. The van der Waals surface area contributed by atoms with Crippen molar-refractivity contribution in [2.45, 2.75) is 51.8 Å². The van der Waals surface area contributed by atoms with Crippen molar-refractivity contribution in [1.82, 2.24) is 5.32 Å². The molecule has 1 aromatic carbocycles. The van der Waals surface area contributed by atoms with E-state index >= 15 is 0 Å². The first kappa shape index (κ1) is 13.6. The van der Waals surface area contributed by atoms with E-state index in [2.05, 4.69) is 36.5 Å². The lowest BCUT2D eigenvalue weighted by Gasteiger charge is -2.27. The molecule has 2 unspecified atom stereocenters. The van der Waals surface area contributed by atoms with Crippen LogP contribution in [0.15, 0.2) is 24.3 Å². The van der Waals surface area contributed by atoms with E-state index in [0.717, 1.165) is 12.5 Å². The Bertz CT molecular complexity index is 364. The molecule has 18 heavy (non-hydrogen) atoms. The van der Waals surface area contributed by atoms with E-state index in [4.69, 9.17) is 4.74 Å². The lowest BCUT2D eigenvalue weighted by Crippen LogP contribution is -2.33. The van der Waals surface area contributed by atoms with E-state index in [-0.39, 0.29) is 0 Å². The molecule has 1 N–H and O–H groups in total. The number of ether oxygens (including phenoxy) is 1. The third-order valence-corrected chi connectivity index (χ3v) is 3.83. The Hall–Kier alpha value is -0.860. The van der Waals surface area contributed by atoms with Crippen molar-refractivity contribution < 1.29 is 4.74 Å². The van der Waals surface area contributed by atoms with Gasteiger partial charge in [0.15, 0.2) is 0 Å². The molecule has 0 aromatic heterocycles. The van der Waals surface area contributed by atoms with Gasteiger partial charge in [-0.25, -0.2) is 0 Å². The second-order valence-electron chi connectivity index (χ2n) is 5.60. The Morgan fingerprint density at radius 3 is 2.89 bits per heavy atom. The van der Waals surface area contributed by atoms with Gasteiger partial charge in [-0.2, -0.15) is 0 Å². The lowest BCUT2D eigenvalue weighted by molar-refractivity contribution is 0.185. The normalized spacial score (nSPS) is 24.1. The SMILES string of the molecule is COCc1cccc(CNC2CCCC(C)C2)c1. The standard InChI is InChI=1S/C16H25NO/c1-13-5-3-8-16(9-13)17-11-14-6-4-7-15(10-14)12-18-2/h4,6-7,10,13,16-17H,3,5,8-9,11-12H2,1-2H3. The van der Waals surface area contributed by atoms with Crippen molar-refractivity contribution in [3.05, 3.63) is 35.4 Å². The minimum absolute atomic E-state index is 0.703. The van der Waals surface area contributed by atoms with Gasteiger partial charge in [-0.15, -0.1) is 0 Å². The number of methoxy groups -OCH3 is 1. The third-order valence-electron chi connectivity index (χ3n) is 3.83. The Balaban J connectivity index is 1.83. The van der Waals surface area contributed by atoms with Crippen molar-refractivity contribution in [1.29, 1.82) is 0 Å². The van der Waals surface area contributed by atoms with Crippen molar-refractivity contribution in [3.63, 3.8) is 0 Å². The van der Waals surface area contributed by atoms with Gasteiger partial charge in [-0.3, -0.25) is 0 Å². The van der Waals surface area contributed by atoms with Crippen molar-refractivity contribution in [2.75, 3.05) is 7.11 Å². The fourth-order valence-corrected chi connectivity index (χ4v) is 2.88. The predicted octanol–water partition coefficient (Wildman–Crippen LogP) is 3.50. The summed E-state index contributed by atoms with van der Waals surface area (Å²) in [7, 11) is 1.74. The number of hydrogen-bond acceptors (Lipinski definition) is 2. The molecule has 0 radical (unpaired) electrons. The first-order valence-electron chi connectivity index (χ1n) is 7.08. The van der Waals surface area contributed by atoms with Crippen LogP contribution < -0.4 is 5.32 Å². The number of hydrogen-bond donors (Lipinski definition) is 1. The van der Waals surface area contributed by atoms with Crippen LogP contribution in [0.25, 0.3) is 0 Å². The molecule has 1 fully saturated rings. The monoisotopic (exact) mass is 247 g/mol. The zero-order valence-electron chi connectivity index (χ0n) is 11.6. The van der Waals surface area contributed by atoms with Crippen molar-refractivity contribution in [3.8, 4) is 0 Å². The van der Waals surface area contributed by atoms with Gasteiger partial charge < -0.3 is 10.1 Å². The van der Waals surface area contributed by atoms with Crippen LogP contribution in [0.1, 0.15) is 43.7 Å². The molecule has 0 spiro atoms. The minimum Gasteiger partial charge on any atom is -0.380 e. The quantitative estimate of drug-likeness (QED) is 0.860. The average Bonchev–Trinajstić information content (AvgIpc) is 2.37. The summed E-state index contributed by atoms with van der Waals surface area (Å²) < 4.78 is 5.17. The van der Waals surface area contributed by atoms with Crippen LogP contribution in [0.5, 0.6) is 0 Å². The first-order valence-corrected chi connectivity index (χ1v) is 7.08. The van der Waals surface area contributed by atoms with Crippen LogP contribution in [0.3, 0.4) is 0 Å². The summed E-state index contributed by atoms with van der Waals surface area (Å²) in [6.45, 7) is 4.05. The molecule has 2 heteroatoms. The summed E-state index contributed by atoms with van der Waals surface area (Å²) in [5, 5.41) is 3.70. The summed E-state index contributed by atoms with van der Waals surface area (Å²) in [6.07, 6.45) is 5.45. The molecule has 0 amide bonds. The first-order chi connectivity index (χ1) is 8.78. The second-order valence-corrected chi connectivity index (χ2v) is 5.60. The molecule has 2 rings (SSSR count). The Morgan fingerprint density at radius 1 is 1.28 bits per heavy atom. The highest BCUT2D eigenvalue weighted by Crippen LogP contribution is 2.23. The Morgan fingerprint density at radius 2 is 2.11 bits per heavy atom. The van der Waals surface area contributed by atoms with Crippen LogP contribution in [0, 0.1) is 5.92 Å². The molecule has 0 saturated heterocycles. The highest BCUT2D eigenvalue weighted by atomic mass is 16.5. The van der Waals surface area contributed by atoms with Crippen LogP contribution in [0.2, 0.25) is 0 Å². The lowest BCUT2D eigenvalue weighted by atomic mass is 9.87. The van der Waals surface area contributed by atoms with Crippen LogP contribution in [-0.2, 0) is 17.9 Å². The van der Waals surface area contributed by atoms with E-state index in [0.29, 0.717) is 12.6 Å². The summed E-state index contributed by atoms with van der Waals surface area (Å²) >= 11 is 0. The Labute approximate surface area is 111 Å². The van der Waals surface area contributed by atoms with E-state index in [1.807, 2.05) is 0 Å². The number of nitrogens with one attached hydrogen (secondary N) is 1. The summed E-state index contributed by atoms with van der Waals surface area (Å²) in [4.78, 5) is 0. The minimum atomic E-state index is 0.703. The highest BCUT2D eigenvalue weighted by Gasteiger charge is 2.17. The van der Waals surface area contributed by atoms with Crippen LogP contribution in [-0.4, -0.2) is 13.2 Å².